The average Bonchev–Trinajstić information content (AvgIpc) is 2.88. The van der Waals surface area contributed by atoms with Gasteiger partial charge in [0, 0.05) is 4.88 Å². The predicted molar refractivity (Wildman–Crippen MR) is 92.6 cm³/mol. The third kappa shape index (κ3) is 3.17. The summed E-state index contributed by atoms with van der Waals surface area (Å²) in [5.74, 6) is 1.04. The Hall–Kier alpha value is -2.47. The van der Waals surface area contributed by atoms with Gasteiger partial charge in [0.25, 0.3) is 0 Å². The van der Waals surface area contributed by atoms with Crippen molar-refractivity contribution in [3.05, 3.63) is 46.6 Å². The number of rotatable bonds is 4. The molecule has 2 aromatic heterocycles. The van der Waals surface area contributed by atoms with E-state index in [0.717, 1.165) is 10.2 Å². The molecule has 0 bridgehead atoms. The highest BCUT2D eigenvalue weighted by Crippen LogP contribution is 2.31. The Morgan fingerprint density at radius 3 is 2.83 bits per heavy atom. The second-order valence-corrected chi connectivity index (χ2v) is 6.32. The molecule has 0 fully saturated rings. The Balaban J connectivity index is 2.04. The van der Waals surface area contributed by atoms with Crippen molar-refractivity contribution < 1.29 is 9.53 Å². The number of carbonyl (C=O) groups is 1. The maximum Gasteiger partial charge on any atom is 0.340 e. The molecule has 0 atom stereocenters. The zero-order valence-electron chi connectivity index (χ0n) is 13.2. The predicted octanol–water partition coefficient (Wildman–Crippen LogP) is 4.23. The van der Waals surface area contributed by atoms with Gasteiger partial charge in [-0.15, -0.1) is 11.3 Å². The maximum atomic E-state index is 12.1. The molecule has 118 valence electrons. The molecule has 0 saturated carbocycles. The zero-order valence-corrected chi connectivity index (χ0v) is 14.0. The van der Waals surface area contributed by atoms with Gasteiger partial charge in [-0.25, -0.2) is 14.8 Å². The van der Waals surface area contributed by atoms with Crippen LogP contribution >= 0.6 is 11.3 Å². The van der Waals surface area contributed by atoms with E-state index in [9.17, 15) is 4.79 Å². The minimum atomic E-state index is -0.348. The van der Waals surface area contributed by atoms with Crippen molar-refractivity contribution in [3.63, 3.8) is 0 Å². The summed E-state index contributed by atoms with van der Waals surface area (Å²) in [6, 6.07) is 9.32. The number of aromatic nitrogens is 2. The fourth-order valence-electron chi connectivity index (χ4n) is 2.35. The molecular formula is C17H17N3O2S. The van der Waals surface area contributed by atoms with Crippen molar-refractivity contribution in [2.45, 2.75) is 20.8 Å². The van der Waals surface area contributed by atoms with E-state index in [-0.39, 0.29) is 5.97 Å². The second kappa shape index (κ2) is 6.34. The van der Waals surface area contributed by atoms with Crippen molar-refractivity contribution in [2.24, 2.45) is 0 Å². The highest BCUT2D eigenvalue weighted by molar-refractivity contribution is 7.18. The van der Waals surface area contributed by atoms with Crippen LogP contribution in [-0.4, -0.2) is 22.5 Å². The van der Waals surface area contributed by atoms with Crippen molar-refractivity contribution in [3.8, 4) is 0 Å². The van der Waals surface area contributed by atoms with Gasteiger partial charge in [-0.3, -0.25) is 0 Å². The van der Waals surface area contributed by atoms with Crippen LogP contribution < -0.4 is 5.32 Å². The number of nitrogens with one attached hydrogen (secondary N) is 1. The Morgan fingerprint density at radius 1 is 1.26 bits per heavy atom. The summed E-state index contributed by atoms with van der Waals surface area (Å²) in [4.78, 5) is 23.2. The number of carbonyl (C=O) groups excluding carboxylic acids is 1. The smallest absolute Gasteiger partial charge is 0.340 e. The molecular weight excluding hydrogens is 310 g/mol. The molecule has 6 heteroatoms. The minimum absolute atomic E-state index is 0.341. The fourth-order valence-corrected chi connectivity index (χ4v) is 3.28. The molecule has 0 saturated heterocycles. The van der Waals surface area contributed by atoms with E-state index >= 15 is 0 Å². The van der Waals surface area contributed by atoms with Gasteiger partial charge in [0.15, 0.2) is 0 Å². The van der Waals surface area contributed by atoms with E-state index in [1.165, 1.54) is 4.88 Å². The van der Waals surface area contributed by atoms with Gasteiger partial charge >= 0.3 is 5.97 Å². The fraction of sp³-hybridized carbons (Fsp3) is 0.235. The van der Waals surface area contributed by atoms with Crippen LogP contribution in [-0.2, 0) is 4.74 Å². The van der Waals surface area contributed by atoms with Crippen molar-refractivity contribution in [2.75, 3.05) is 11.9 Å². The van der Waals surface area contributed by atoms with Crippen molar-refractivity contribution in [1.82, 2.24) is 9.97 Å². The van der Waals surface area contributed by atoms with E-state index in [4.69, 9.17) is 4.74 Å². The van der Waals surface area contributed by atoms with Crippen LogP contribution in [0.5, 0.6) is 0 Å². The number of hydrogen-bond donors (Lipinski definition) is 1. The summed E-state index contributed by atoms with van der Waals surface area (Å²) >= 11 is 1.63. The third-order valence-corrected chi connectivity index (χ3v) is 4.25. The summed E-state index contributed by atoms with van der Waals surface area (Å²) < 4.78 is 5.11. The monoisotopic (exact) mass is 327 g/mol. The highest BCUT2D eigenvalue weighted by atomic mass is 32.1. The molecule has 2 heterocycles. The van der Waals surface area contributed by atoms with E-state index in [1.807, 2.05) is 32.0 Å². The standard InChI is InChI=1S/C17H17N3O2S/c1-4-22-17(21)12-7-5-6-8-14(12)20-15-13-9-10(2)23-16(13)19-11(3)18-15/h5-9H,4H2,1-3H3,(H,18,19,20). The largest absolute Gasteiger partial charge is 0.462 e. The van der Waals surface area contributed by atoms with Crippen LogP contribution in [0.2, 0.25) is 0 Å². The number of para-hydroxylation sites is 1. The average molecular weight is 327 g/mol. The molecule has 0 amide bonds. The maximum absolute atomic E-state index is 12.1. The van der Waals surface area contributed by atoms with Gasteiger partial charge in [0.1, 0.15) is 16.5 Å². The molecule has 3 rings (SSSR count). The van der Waals surface area contributed by atoms with Gasteiger partial charge in [0.2, 0.25) is 0 Å². The van der Waals surface area contributed by atoms with Crippen molar-refractivity contribution in [1.29, 1.82) is 0 Å². The number of fused-ring (bicyclic) bond motifs is 1. The highest BCUT2D eigenvalue weighted by Gasteiger charge is 2.15. The first-order chi connectivity index (χ1) is 11.1. The summed E-state index contributed by atoms with van der Waals surface area (Å²) in [6.07, 6.45) is 0. The quantitative estimate of drug-likeness (QED) is 0.727. The molecule has 0 aliphatic rings. The third-order valence-electron chi connectivity index (χ3n) is 3.30. The number of anilines is 2. The molecule has 0 spiro atoms. The van der Waals surface area contributed by atoms with Crippen LogP contribution in [0.3, 0.4) is 0 Å². The van der Waals surface area contributed by atoms with Gasteiger partial charge in [0.05, 0.1) is 23.2 Å². The number of hydrogen-bond acceptors (Lipinski definition) is 6. The van der Waals surface area contributed by atoms with Gasteiger partial charge in [-0.05, 0) is 39.0 Å². The molecule has 1 N–H and O–H groups in total. The number of nitrogens with zero attached hydrogens (tertiary/aromatic N) is 2. The lowest BCUT2D eigenvalue weighted by Crippen LogP contribution is -2.08. The summed E-state index contributed by atoms with van der Waals surface area (Å²) in [5.41, 5.74) is 1.17. The molecule has 23 heavy (non-hydrogen) atoms. The molecule has 5 nitrogen and oxygen atoms in total. The summed E-state index contributed by atoms with van der Waals surface area (Å²) in [6.45, 7) is 6.03. The van der Waals surface area contributed by atoms with Crippen LogP contribution in [0.15, 0.2) is 30.3 Å². The lowest BCUT2D eigenvalue weighted by Gasteiger charge is -2.11. The normalized spacial score (nSPS) is 10.7. The van der Waals surface area contributed by atoms with Gasteiger partial charge < -0.3 is 10.1 Å². The zero-order chi connectivity index (χ0) is 16.4. The summed E-state index contributed by atoms with van der Waals surface area (Å²) in [7, 11) is 0. The molecule has 3 aromatic rings. The van der Waals surface area contributed by atoms with Crippen LogP contribution in [0.1, 0.15) is 28.0 Å². The lowest BCUT2D eigenvalue weighted by molar-refractivity contribution is 0.0527. The van der Waals surface area contributed by atoms with E-state index < -0.39 is 0 Å². The lowest BCUT2D eigenvalue weighted by atomic mass is 10.1. The molecule has 0 aliphatic heterocycles. The van der Waals surface area contributed by atoms with Gasteiger partial charge in [-0.2, -0.15) is 0 Å². The van der Waals surface area contributed by atoms with Crippen LogP contribution in [0.25, 0.3) is 10.2 Å². The Labute approximate surface area is 138 Å². The second-order valence-electron chi connectivity index (χ2n) is 5.09. The van der Waals surface area contributed by atoms with Gasteiger partial charge in [-0.1, -0.05) is 12.1 Å². The first kappa shape index (κ1) is 15.4. The molecule has 0 radical (unpaired) electrons. The molecule has 0 unspecified atom stereocenters. The van der Waals surface area contributed by atoms with E-state index in [2.05, 4.69) is 21.4 Å². The van der Waals surface area contributed by atoms with Crippen molar-refractivity contribution >= 4 is 39.0 Å². The number of benzene rings is 1. The van der Waals surface area contributed by atoms with E-state index in [0.29, 0.717) is 29.5 Å². The first-order valence-corrected chi connectivity index (χ1v) is 8.18. The minimum Gasteiger partial charge on any atom is -0.462 e. The molecule has 1 aromatic carbocycles. The summed E-state index contributed by atoms with van der Waals surface area (Å²) in [5, 5.41) is 4.22. The van der Waals surface area contributed by atoms with Crippen LogP contribution in [0, 0.1) is 13.8 Å². The molecule has 0 aliphatic carbocycles. The SMILES string of the molecule is CCOC(=O)c1ccccc1Nc1nc(C)nc2sc(C)cc12. The Morgan fingerprint density at radius 2 is 2.04 bits per heavy atom. The number of aryl methyl sites for hydroxylation is 2. The number of ether oxygens (including phenoxy) is 1. The Bertz CT molecular complexity index is 873. The van der Waals surface area contributed by atoms with E-state index in [1.54, 1.807) is 24.3 Å². The number of esters is 1. The number of thiophene rings is 1. The topological polar surface area (TPSA) is 64.1 Å². The first-order valence-electron chi connectivity index (χ1n) is 7.36. The Kier molecular flexibility index (Phi) is 4.25. The van der Waals surface area contributed by atoms with Crippen LogP contribution in [0.4, 0.5) is 11.5 Å².